The minimum Gasteiger partial charge on any atom is -0.373 e. The van der Waals surface area contributed by atoms with Crippen LogP contribution in [-0.2, 0) is 4.79 Å². The summed E-state index contributed by atoms with van der Waals surface area (Å²) in [5.74, 6) is 0.142. The molecule has 4 heteroatoms. The summed E-state index contributed by atoms with van der Waals surface area (Å²) < 4.78 is 0. The van der Waals surface area contributed by atoms with Crippen LogP contribution in [0, 0.1) is 11.3 Å². The molecule has 1 fully saturated rings. The summed E-state index contributed by atoms with van der Waals surface area (Å²) in [5.41, 5.74) is 1.72. The number of hydrogen-bond donors (Lipinski definition) is 1. The highest BCUT2D eigenvalue weighted by molar-refractivity contribution is 5.78. The molecule has 1 aliphatic rings. The Morgan fingerprint density at radius 3 is 2.71 bits per heavy atom. The predicted octanol–water partition coefficient (Wildman–Crippen LogP) is 1.27. The van der Waals surface area contributed by atoms with Gasteiger partial charge in [-0.05, 0) is 30.7 Å². The Labute approximate surface area is 101 Å². The maximum atomic E-state index is 11.1. The molecular formula is C13H15N3O. The van der Waals surface area contributed by atoms with E-state index in [-0.39, 0.29) is 11.9 Å². The lowest BCUT2D eigenvalue weighted by Gasteiger charge is -2.23. The van der Waals surface area contributed by atoms with Crippen LogP contribution in [0.1, 0.15) is 18.4 Å². The number of likely N-dealkylation sites (N-methyl/N-ethyl adjacent to an activating group) is 1. The van der Waals surface area contributed by atoms with Gasteiger partial charge in [-0.25, -0.2) is 0 Å². The normalized spacial score (nSPS) is 18.6. The van der Waals surface area contributed by atoms with Gasteiger partial charge in [-0.2, -0.15) is 5.26 Å². The van der Waals surface area contributed by atoms with Crippen LogP contribution in [0.3, 0.4) is 0 Å². The van der Waals surface area contributed by atoms with Crippen LogP contribution in [0.5, 0.6) is 0 Å². The van der Waals surface area contributed by atoms with Gasteiger partial charge in [-0.1, -0.05) is 0 Å². The van der Waals surface area contributed by atoms with E-state index in [0.717, 1.165) is 18.7 Å². The molecule has 1 saturated heterocycles. The monoisotopic (exact) mass is 229 g/mol. The van der Waals surface area contributed by atoms with Gasteiger partial charge in [-0.15, -0.1) is 0 Å². The number of hydrogen-bond acceptors (Lipinski definition) is 3. The van der Waals surface area contributed by atoms with Gasteiger partial charge in [0.1, 0.15) is 0 Å². The van der Waals surface area contributed by atoms with Crippen molar-refractivity contribution in [3.63, 3.8) is 0 Å². The Hall–Kier alpha value is -2.02. The van der Waals surface area contributed by atoms with Crippen LogP contribution in [0.15, 0.2) is 24.3 Å². The summed E-state index contributed by atoms with van der Waals surface area (Å²) in [7, 11) is 1.99. The molecule has 88 valence electrons. The fourth-order valence-electron chi connectivity index (χ4n) is 2.04. The average molecular weight is 229 g/mol. The number of nitrogens with zero attached hydrogens (tertiary/aromatic N) is 2. The van der Waals surface area contributed by atoms with Crippen molar-refractivity contribution >= 4 is 11.6 Å². The lowest BCUT2D eigenvalue weighted by molar-refractivity contribution is -0.119. The Morgan fingerprint density at radius 1 is 1.47 bits per heavy atom. The zero-order valence-corrected chi connectivity index (χ0v) is 9.81. The Morgan fingerprint density at radius 2 is 2.18 bits per heavy atom. The molecule has 2 rings (SSSR count). The molecule has 1 N–H and O–H groups in total. The molecule has 1 heterocycles. The highest BCUT2D eigenvalue weighted by Crippen LogP contribution is 2.16. The zero-order chi connectivity index (χ0) is 12.3. The van der Waals surface area contributed by atoms with Crippen molar-refractivity contribution in [1.29, 1.82) is 5.26 Å². The molecule has 4 nitrogen and oxygen atoms in total. The van der Waals surface area contributed by atoms with Crippen LogP contribution in [0.25, 0.3) is 0 Å². The van der Waals surface area contributed by atoms with E-state index in [4.69, 9.17) is 5.26 Å². The molecule has 0 aromatic heterocycles. The molecule has 0 saturated carbocycles. The van der Waals surface area contributed by atoms with Gasteiger partial charge in [0.25, 0.3) is 0 Å². The molecule has 1 aliphatic heterocycles. The number of nitrogens with one attached hydrogen (secondary N) is 1. The van der Waals surface area contributed by atoms with Crippen LogP contribution in [0.4, 0.5) is 5.69 Å². The summed E-state index contributed by atoms with van der Waals surface area (Å²) in [5, 5.41) is 11.7. The molecule has 0 aliphatic carbocycles. The van der Waals surface area contributed by atoms with Crippen molar-refractivity contribution < 1.29 is 4.79 Å². The first-order valence-corrected chi connectivity index (χ1v) is 5.69. The first kappa shape index (κ1) is 11.5. The van der Waals surface area contributed by atoms with Crippen LogP contribution >= 0.6 is 0 Å². The number of carbonyl (C=O) groups excluding carboxylic acids is 1. The third kappa shape index (κ3) is 2.76. The van der Waals surface area contributed by atoms with Gasteiger partial charge in [0.15, 0.2) is 0 Å². The van der Waals surface area contributed by atoms with E-state index in [1.54, 1.807) is 12.1 Å². The van der Waals surface area contributed by atoms with Gasteiger partial charge in [0, 0.05) is 31.7 Å². The summed E-state index contributed by atoms with van der Waals surface area (Å²) >= 11 is 0. The average Bonchev–Trinajstić information content (AvgIpc) is 2.75. The summed E-state index contributed by atoms with van der Waals surface area (Å²) in [6.07, 6.45) is 1.53. The number of benzene rings is 1. The fraction of sp³-hybridized carbons (Fsp3) is 0.385. The molecule has 17 heavy (non-hydrogen) atoms. The van der Waals surface area contributed by atoms with E-state index in [1.165, 1.54) is 0 Å². The van der Waals surface area contributed by atoms with Crippen LogP contribution in [0.2, 0.25) is 0 Å². The van der Waals surface area contributed by atoms with E-state index < -0.39 is 0 Å². The first-order chi connectivity index (χ1) is 8.19. The van der Waals surface area contributed by atoms with E-state index in [1.807, 2.05) is 19.2 Å². The fourth-order valence-corrected chi connectivity index (χ4v) is 2.04. The molecule has 1 atom stereocenters. The molecule has 0 bridgehead atoms. The molecule has 0 radical (unpaired) electrons. The maximum Gasteiger partial charge on any atom is 0.220 e. The summed E-state index contributed by atoms with van der Waals surface area (Å²) in [4.78, 5) is 13.2. The van der Waals surface area contributed by atoms with Crippen LogP contribution < -0.4 is 10.2 Å². The quantitative estimate of drug-likeness (QED) is 0.849. The van der Waals surface area contributed by atoms with E-state index in [0.29, 0.717) is 12.0 Å². The second-order valence-corrected chi connectivity index (χ2v) is 4.34. The van der Waals surface area contributed by atoms with Crippen molar-refractivity contribution in [2.45, 2.75) is 18.9 Å². The highest BCUT2D eigenvalue weighted by Gasteiger charge is 2.21. The smallest absolute Gasteiger partial charge is 0.220 e. The van der Waals surface area contributed by atoms with Crippen LogP contribution in [-0.4, -0.2) is 25.5 Å². The molecular weight excluding hydrogens is 214 g/mol. The number of rotatable bonds is 3. The topological polar surface area (TPSA) is 56.1 Å². The minimum absolute atomic E-state index is 0.142. The van der Waals surface area contributed by atoms with Crippen molar-refractivity contribution in [3.8, 4) is 6.07 Å². The van der Waals surface area contributed by atoms with E-state index in [2.05, 4.69) is 16.3 Å². The second-order valence-electron chi connectivity index (χ2n) is 4.34. The van der Waals surface area contributed by atoms with Gasteiger partial charge < -0.3 is 10.2 Å². The third-order valence-corrected chi connectivity index (χ3v) is 3.02. The van der Waals surface area contributed by atoms with E-state index >= 15 is 0 Å². The molecule has 1 aromatic carbocycles. The lowest BCUT2D eigenvalue weighted by atomic mass is 10.2. The number of nitriles is 1. The number of amides is 1. The molecule has 1 aromatic rings. The van der Waals surface area contributed by atoms with Crippen molar-refractivity contribution in [2.24, 2.45) is 0 Å². The Bertz CT molecular complexity index is 447. The third-order valence-electron chi connectivity index (χ3n) is 3.02. The number of carbonyl (C=O) groups is 1. The molecule has 1 unspecified atom stereocenters. The first-order valence-electron chi connectivity index (χ1n) is 5.69. The second kappa shape index (κ2) is 4.88. The van der Waals surface area contributed by atoms with Gasteiger partial charge in [0.05, 0.1) is 11.6 Å². The number of anilines is 1. The van der Waals surface area contributed by atoms with Crippen molar-refractivity contribution in [1.82, 2.24) is 5.32 Å². The Balaban J connectivity index is 1.97. The molecule has 1 amide bonds. The van der Waals surface area contributed by atoms with Gasteiger partial charge in [-0.3, -0.25) is 4.79 Å². The van der Waals surface area contributed by atoms with Gasteiger partial charge >= 0.3 is 0 Å². The minimum atomic E-state index is 0.142. The van der Waals surface area contributed by atoms with Gasteiger partial charge in [0.2, 0.25) is 5.91 Å². The van der Waals surface area contributed by atoms with Crippen molar-refractivity contribution in [2.75, 3.05) is 18.5 Å². The molecule has 0 spiro atoms. The van der Waals surface area contributed by atoms with E-state index in [9.17, 15) is 4.79 Å². The Kier molecular flexibility index (Phi) is 3.29. The summed E-state index contributed by atoms with van der Waals surface area (Å²) in [6, 6.07) is 9.80. The zero-order valence-electron chi connectivity index (χ0n) is 9.81. The lowest BCUT2D eigenvalue weighted by Crippen LogP contribution is -2.36. The standard InChI is InChI=1S/C13H15N3O/c1-16(9-11-4-7-13(17)15-11)12-5-2-10(8-14)3-6-12/h2-3,5-6,11H,4,7,9H2,1H3,(H,15,17). The summed E-state index contributed by atoms with van der Waals surface area (Å²) in [6.45, 7) is 0.803. The largest absolute Gasteiger partial charge is 0.373 e. The van der Waals surface area contributed by atoms with Crippen molar-refractivity contribution in [3.05, 3.63) is 29.8 Å². The predicted molar refractivity (Wildman–Crippen MR) is 65.6 cm³/mol. The SMILES string of the molecule is CN(CC1CCC(=O)N1)c1ccc(C#N)cc1. The maximum absolute atomic E-state index is 11.1. The highest BCUT2D eigenvalue weighted by atomic mass is 16.1.